The summed E-state index contributed by atoms with van der Waals surface area (Å²) >= 11 is 1.89. The summed E-state index contributed by atoms with van der Waals surface area (Å²) in [6.45, 7) is 2.41. The van der Waals surface area contributed by atoms with Crippen molar-refractivity contribution in [2.75, 3.05) is 27.2 Å². The van der Waals surface area contributed by atoms with Gasteiger partial charge in [0.05, 0.1) is 0 Å². The summed E-state index contributed by atoms with van der Waals surface area (Å²) in [4.78, 5) is 3.87. The molecule has 2 atom stereocenters. The van der Waals surface area contributed by atoms with Crippen LogP contribution in [0.1, 0.15) is 30.2 Å². The zero-order valence-electron chi connectivity index (χ0n) is 10.3. The molecule has 2 nitrogen and oxygen atoms in total. The van der Waals surface area contributed by atoms with Gasteiger partial charge in [0.1, 0.15) is 0 Å². The van der Waals surface area contributed by atoms with E-state index in [2.05, 4.69) is 41.8 Å². The maximum atomic E-state index is 3.51. The van der Waals surface area contributed by atoms with Crippen LogP contribution < -0.4 is 5.32 Å². The van der Waals surface area contributed by atoms with Crippen LogP contribution in [0.15, 0.2) is 17.5 Å². The van der Waals surface area contributed by atoms with Gasteiger partial charge in [-0.15, -0.1) is 11.3 Å². The van der Waals surface area contributed by atoms with Gasteiger partial charge in [-0.1, -0.05) is 6.07 Å². The molecule has 2 unspecified atom stereocenters. The van der Waals surface area contributed by atoms with Crippen molar-refractivity contribution in [2.45, 2.75) is 25.3 Å². The number of hydrogen-bond acceptors (Lipinski definition) is 3. The highest BCUT2D eigenvalue weighted by molar-refractivity contribution is 7.10. The fraction of sp³-hybridized carbons (Fsp3) is 0.692. The van der Waals surface area contributed by atoms with Crippen LogP contribution in [0.25, 0.3) is 0 Å². The van der Waals surface area contributed by atoms with Crippen LogP contribution in [0, 0.1) is 5.92 Å². The Hall–Kier alpha value is -0.380. The molecule has 16 heavy (non-hydrogen) atoms. The van der Waals surface area contributed by atoms with Gasteiger partial charge in [0.15, 0.2) is 0 Å². The first-order chi connectivity index (χ1) is 7.77. The predicted octanol–water partition coefficient (Wildman–Crippen LogP) is 2.74. The molecule has 0 saturated carbocycles. The van der Waals surface area contributed by atoms with Crippen molar-refractivity contribution in [1.82, 2.24) is 10.2 Å². The molecule has 1 aliphatic heterocycles. The van der Waals surface area contributed by atoms with Crippen molar-refractivity contribution in [3.63, 3.8) is 0 Å². The zero-order chi connectivity index (χ0) is 11.4. The molecule has 2 rings (SSSR count). The molecule has 1 aromatic heterocycles. The van der Waals surface area contributed by atoms with Gasteiger partial charge in [0.2, 0.25) is 0 Å². The average molecular weight is 238 g/mol. The third-order valence-corrected chi connectivity index (χ3v) is 4.42. The summed E-state index contributed by atoms with van der Waals surface area (Å²) in [6, 6.07) is 5.03. The Bertz CT molecular complexity index is 289. The molecule has 1 saturated heterocycles. The summed E-state index contributed by atoms with van der Waals surface area (Å²) in [5, 5.41) is 5.69. The number of nitrogens with one attached hydrogen (secondary N) is 1. The molecule has 3 heteroatoms. The lowest BCUT2D eigenvalue weighted by Crippen LogP contribution is -2.32. The Morgan fingerprint density at radius 2 is 2.44 bits per heavy atom. The lowest BCUT2D eigenvalue weighted by atomic mass is 9.91. The monoisotopic (exact) mass is 238 g/mol. The fourth-order valence-electron chi connectivity index (χ4n) is 2.50. The number of nitrogens with zero attached hydrogens (tertiary/aromatic N) is 1. The van der Waals surface area contributed by atoms with Gasteiger partial charge < -0.3 is 10.2 Å². The Morgan fingerprint density at radius 1 is 1.56 bits per heavy atom. The van der Waals surface area contributed by atoms with Crippen LogP contribution in [0.5, 0.6) is 0 Å². The number of hydrogen-bond donors (Lipinski definition) is 1. The lowest BCUT2D eigenvalue weighted by molar-refractivity contribution is 0.228. The average Bonchev–Trinajstić information content (AvgIpc) is 2.80. The molecule has 0 radical (unpaired) electrons. The van der Waals surface area contributed by atoms with Gasteiger partial charge >= 0.3 is 0 Å². The third-order valence-electron chi connectivity index (χ3n) is 3.45. The van der Waals surface area contributed by atoms with E-state index in [-0.39, 0.29) is 0 Å². The summed E-state index contributed by atoms with van der Waals surface area (Å²) in [6.07, 6.45) is 4.03. The Labute approximate surface area is 103 Å². The minimum atomic E-state index is 0.602. The first-order valence-corrected chi connectivity index (χ1v) is 7.06. The number of thiophene rings is 1. The SMILES string of the molecule is CN(C)C(CC1CCCNC1)c1cccs1. The van der Waals surface area contributed by atoms with E-state index >= 15 is 0 Å². The summed E-state index contributed by atoms with van der Waals surface area (Å²) in [5.41, 5.74) is 0. The predicted molar refractivity (Wildman–Crippen MR) is 71.0 cm³/mol. The van der Waals surface area contributed by atoms with E-state index < -0.39 is 0 Å². The Kier molecular flexibility index (Phi) is 4.38. The van der Waals surface area contributed by atoms with E-state index in [1.165, 1.54) is 37.2 Å². The van der Waals surface area contributed by atoms with Crippen LogP contribution in [0.2, 0.25) is 0 Å². The highest BCUT2D eigenvalue weighted by Crippen LogP contribution is 2.31. The first-order valence-electron chi connectivity index (χ1n) is 6.18. The third kappa shape index (κ3) is 3.06. The standard InChI is InChI=1S/C13H22N2S/c1-15(2)12(13-6-4-8-16-13)9-11-5-3-7-14-10-11/h4,6,8,11-12,14H,3,5,7,9-10H2,1-2H3. The molecule has 0 bridgehead atoms. The molecule has 0 amide bonds. The molecule has 1 aliphatic rings. The molecule has 2 heterocycles. The summed E-state index contributed by atoms with van der Waals surface area (Å²) in [5.74, 6) is 0.850. The van der Waals surface area contributed by atoms with Crippen molar-refractivity contribution in [3.8, 4) is 0 Å². The van der Waals surface area contributed by atoms with Crippen molar-refractivity contribution in [1.29, 1.82) is 0 Å². The lowest BCUT2D eigenvalue weighted by Gasteiger charge is -2.30. The highest BCUT2D eigenvalue weighted by Gasteiger charge is 2.22. The van der Waals surface area contributed by atoms with Gasteiger partial charge in [-0.05, 0) is 63.8 Å². The molecule has 1 N–H and O–H groups in total. The first kappa shape index (κ1) is 12.1. The smallest absolute Gasteiger partial charge is 0.0438 e. The van der Waals surface area contributed by atoms with Gasteiger partial charge in [-0.2, -0.15) is 0 Å². The summed E-state index contributed by atoms with van der Waals surface area (Å²) < 4.78 is 0. The summed E-state index contributed by atoms with van der Waals surface area (Å²) in [7, 11) is 4.39. The van der Waals surface area contributed by atoms with Gasteiger partial charge in [0.25, 0.3) is 0 Å². The van der Waals surface area contributed by atoms with Crippen molar-refractivity contribution in [2.24, 2.45) is 5.92 Å². The molecule has 1 aromatic rings. The fourth-order valence-corrected chi connectivity index (χ4v) is 3.44. The van der Waals surface area contributed by atoms with Crippen LogP contribution in [0.3, 0.4) is 0 Å². The zero-order valence-corrected chi connectivity index (χ0v) is 11.1. The second-order valence-electron chi connectivity index (χ2n) is 4.94. The van der Waals surface area contributed by atoms with Gasteiger partial charge in [-0.3, -0.25) is 0 Å². The van der Waals surface area contributed by atoms with E-state index in [9.17, 15) is 0 Å². The molecular weight excluding hydrogens is 216 g/mol. The molecule has 0 spiro atoms. The van der Waals surface area contributed by atoms with E-state index in [4.69, 9.17) is 0 Å². The van der Waals surface area contributed by atoms with Gasteiger partial charge in [0, 0.05) is 10.9 Å². The number of piperidine rings is 1. The minimum absolute atomic E-state index is 0.602. The van der Waals surface area contributed by atoms with E-state index in [0.29, 0.717) is 6.04 Å². The van der Waals surface area contributed by atoms with Crippen LogP contribution in [-0.4, -0.2) is 32.1 Å². The van der Waals surface area contributed by atoms with Crippen LogP contribution in [-0.2, 0) is 0 Å². The topological polar surface area (TPSA) is 15.3 Å². The Morgan fingerprint density at radius 3 is 3.00 bits per heavy atom. The van der Waals surface area contributed by atoms with Crippen LogP contribution in [0.4, 0.5) is 0 Å². The number of rotatable bonds is 4. The maximum Gasteiger partial charge on any atom is 0.0438 e. The highest BCUT2D eigenvalue weighted by atomic mass is 32.1. The molecule has 0 aromatic carbocycles. The van der Waals surface area contributed by atoms with Gasteiger partial charge in [-0.25, -0.2) is 0 Å². The van der Waals surface area contributed by atoms with E-state index in [0.717, 1.165) is 5.92 Å². The normalized spacial score (nSPS) is 23.6. The maximum absolute atomic E-state index is 3.51. The quantitative estimate of drug-likeness (QED) is 0.867. The van der Waals surface area contributed by atoms with E-state index in [1.54, 1.807) is 0 Å². The van der Waals surface area contributed by atoms with Crippen molar-refractivity contribution < 1.29 is 0 Å². The van der Waals surface area contributed by atoms with Crippen LogP contribution >= 0.6 is 11.3 Å². The largest absolute Gasteiger partial charge is 0.316 e. The molecular formula is C13H22N2S. The second-order valence-corrected chi connectivity index (χ2v) is 5.92. The Balaban J connectivity index is 1.97. The van der Waals surface area contributed by atoms with E-state index in [1.807, 2.05) is 11.3 Å². The second kappa shape index (κ2) is 5.80. The molecule has 1 fully saturated rings. The molecule has 0 aliphatic carbocycles. The van der Waals surface area contributed by atoms with Crippen molar-refractivity contribution >= 4 is 11.3 Å². The van der Waals surface area contributed by atoms with Crippen molar-refractivity contribution in [3.05, 3.63) is 22.4 Å². The molecule has 90 valence electrons. The minimum Gasteiger partial charge on any atom is -0.316 e.